The van der Waals surface area contributed by atoms with Gasteiger partial charge in [-0.3, -0.25) is 5.01 Å². The molecular formula is C18H19N5. The fourth-order valence-electron chi connectivity index (χ4n) is 3.12. The molecule has 0 spiro atoms. The number of hydrogen-bond donors (Lipinski definition) is 0. The zero-order chi connectivity index (χ0) is 15.6. The Hall–Kier alpha value is -2.69. The van der Waals surface area contributed by atoms with Gasteiger partial charge >= 0.3 is 0 Å². The number of benzene rings is 2. The van der Waals surface area contributed by atoms with Crippen LogP contribution in [0.4, 0.5) is 0 Å². The molecule has 0 saturated carbocycles. The van der Waals surface area contributed by atoms with E-state index in [9.17, 15) is 0 Å². The van der Waals surface area contributed by atoms with Crippen LogP contribution in [0.2, 0.25) is 0 Å². The van der Waals surface area contributed by atoms with Gasteiger partial charge in [-0.25, -0.2) is 0 Å². The van der Waals surface area contributed by atoms with E-state index in [-0.39, 0.29) is 12.1 Å². The maximum atomic E-state index is 4.62. The summed E-state index contributed by atoms with van der Waals surface area (Å²) in [5, 5.41) is 15.7. The molecule has 5 heteroatoms. The van der Waals surface area contributed by atoms with Gasteiger partial charge in [0, 0.05) is 7.05 Å². The van der Waals surface area contributed by atoms with Crippen molar-refractivity contribution in [2.45, 2.75) is 24.9 Å². The summed E-state index contributed by atoms with van der Waals surface area (Å²) >= 11 is 0. The first kappa shape index (κ1) is 13.9. The third kappa shape index (κ3) is 2.70. The van der Waals surface area contributed by atoms with Crippen molar-refractivity contribution in [1.29, 1.82) is 0 Å². The van der Waals surface area contributed by atoms with Crippen LogP contribution in [0.25, 0.3) is 11.0 Å². The molecule has 1 aromatic heterocycles. The second-order valence-electron chi connectivity index (χ2n) is 5.93. The van der Waals surface area contributed by atoms with Crippen molar-refractivity contribution < 1.29 is 0 Å². The summed E-state index contributed by atoms with van der Waals surface area (Å²) in [6.45, 7) is 0. The van der Waals surface area contributed by atoms with Crippen molar-refractivity contribution in [3.8, 4) is 0 Å². The lowest BCUT2D eigenvalue weighted by molar-refractivity contribution is 0.220. The molecule has 0 amide bonds. The third-order valence-electron chi connectivity index (χ3n) is 4.42. The predicted octanol–water partition coefficient (Wildman–Crippen LogP) is 2.91. The van der Waals surface area contributed by atoms with Crippen molar-refractivity contribution in [3.05, 3.63) is 60.2 Å². The van der Waals surface area contributed by atoms with Crippen LogP contribution in [-0.2, 0) is 6.42 Å². The van der Waals surface area contributed by atoms with E-state index in [1.165, 1.54) is 5.56 Å². The SMILES string of the molecule is CN1N=CC(n2nc3ccccc3n2)C1CCc1ccccc1. The van der Waals surface area contributed by atoms with Gasteiger partial charge in [-0.05, 0) is 30.5 Å². The molecule has 0 radical (unpaired) electrons. The molecule has 0 fully saturated rings. The lowest BCUT2D eigenvalue weighted by Crippen LogP contribution is -2.33. The van der Waals surface area contributed by atoms with Gasteiger partial charge in [0.1, 0.15) is 17.1 Å². The summed E-state index contributed by atoms with van der Waals surface area (Å²) in [4.78, 5) is 1.81. The Bertz CT molecular complexity index is 791. The number of nitrogens with zero attached hydrogens (tertiary/aromatic N) is 5. The molecule has 4 rings (SSSR count). The summed E-state index contributed by atoms with van der Waals surface area (Å²) < 4.78 is 0. The maximum Gasteiger partial charge on any atom is 0.130 e. The lowest BCUT2D eigenvalue weighted by atomic mass is 10.0. The largest absolute Gasteiger partial charge is 0.295 e. The first-order valence-electron chi connectivity index (χ1n) is 7.94. The van der Waals surface area contributed by atoms with E-state index in [0.29, 0.717) is 0 Å². The zero-order valence-electron chi connectivity index (χ0n) is 13.1. The summed E-state index contributed by atoms with van der Waals surface area (Å²) in [5.41, 5.74) is 3.21. The highest BCUT2D eigenvalue weighted by atomic mass is 15.6. The molecule has 2 heterocycles. The Morgan fingerprint density at radius 2 is 1.57 bits per heavy atom. The first-order valence-corrected chi connectivity index (χ1v) is 7.94. The molecule has 23 heavy (non-hydrogen) atoms. The smallest absolute Gasteiger partial charge is 0.130 e. The van der Waals surface area contributed by atoms with E-state index in [4.69, 9.17) is 0 Å². The van der Waals surface area contributed by atoms with E-state index >= 15 is 0 Å². The fraction of sp³-hybridized carbons (Fsp3) is 0.278. The van der Waals surface area contributed by atoms with Crippen LogP contribution in [0.15, 0.2) is 59.7 Å². The average Bonchev–Trinajstić information content (AvgIpc) is 3.17. The van der Waals surface area contributed by atoms with Crippen molar-refractivity contribution >= 4 is 17.2 Å². The van der Waals surface area contributed by atoms with E-state index < -0.39 is 0 Å². The molecule has 1 aliphatic rings. The van der Waals surface area contributed by atoms with Crippen LogP contribution in [0.5, 0.6) is 0 Å². The lowest BCUT2D eigenvalue weighted by Gasteiger charge is -2.23. The molecular weight excluding hydrogens is 286 g/mol. The predicted molar refractivity (Wildman–Crippen MR) is 91.4 cm³/mol. The number of aromatic nitrogens is 3. The standard InChI is InChI=1S/C18H19N5/c1-22-17(12-11-14-7-3-2-4-8-14)18(13-19-22)23-20-15-9-5-6-10-16(15)21-23/h2-10,13,17-18H,11-12H2,1H3. The minimum Gasteiger partial charge on any atom is -0.295 e. The number of aryl methyl sites for hydroxylation is 1. The number of likely N-dealkylation sites (N-methyl/N-ethyl adjacent to an activating group) is 1. The van der Waals surface area contributed by atoms with Crippen LogP contribution in [0.3, 0.4) is 0 Å². The van der Waals surface area contributed by atoms with Gasteiger partial charge in [0.05, 0.1) is 12.3 Å². The second-order valence-corrected chi connectivity index (χ2v) is 5.93. The van der Waals surface area contributed by atoms with Crippen molar-refractivity contribution in [2.75, 3.05) is 7.05 Å². The number of rotatable bonds is 4. The maximum absolute atomic E-state index is 4.62. The summed E-state index contributed by atoms with van der Waals surface area (Å²) in [5.74, 6) is 0. The van der Waals surface area contributed by atoms with Gasteiger partial charge in [-0.2, -0.15) is 20.1 Å². The Kier molecular flexibility index (Phi) is 3.54. The molecule has 0 bridgehead atoms. The van der Waals surface area contributed by atoms with Crippen LogP contribution in [-0.4, -0.2) is 39.3 Å². The molecule has 2 unspecified atom stereocenters. The molecule has 0 saturated heterocycles. The zero-order valence-corrected chi connectivity index (χ0v) is 13.1. The number of hydrazone groups is 1. The van der Waals surface area contributed by atoms with Gasteiger partial charge in [0.2, 0.25) is 0 Å². The topological polar surface area (TPSA) is 46.3 Å². The number of fused-ring (bicyclic) bond motifs is 1. The highest BCUT2D eigenvalue weighted by Crippen LogP contribution is 2.25. The summed E-state index contributed by atoms with van der Waals surface area (Å²) in [6.07, 6.45) is 3.99. The Morgan fingerprint density at radius 3 is 2.26 bits per heavy atom. The van der Waals surface area contributed by atoms with Crippen molar-refractivity contribution in [3.63, 3.8) is 0 Å². The molecule has 1 aliphatic heterocycles. The first-order chi connectivity index (χ1) is 11.3. The molecule has 2 aromatic carbocycles. The Balaban J connectivity index is 1.55. The molecule has 5 nitrogen and oxygen atoms in total. The number of hydrogen-bond acceptors (Lipinski definition) is 4. The van der Waals surface area contributed by atoms with Crippen molar-refractivity contribution in [1.82, 2.24) is 20.0 Å². The summed E-state index contributed by atoms with van der Waals surface area (Å²) in [6, 6.07) is 18.9. The average molecular weight is 305 g/mol. The third-order valence-corrected chi connectivity index (χ3v) is 4.42. The van der Waals surface area contributed by atoms with Gasteiger partial charge < -0.3 is 0 Å². The molecule has 0 N–H and O–H groups in total. The van der Waals surface area contributed by atoms with Crippen LogP contribution in [0.1, 0.15) is 18.0 Å². The van der Waals surface area contributed by atoms with E-state index in [1.807, 2.05) is 47.3 Å². The van der Waals surface area contributed by atoms with Crippen LogP contribution >= 0.6 is 0 Å². The highest BCUT2D eigenvalue weighted by molar-refractivity contribution is 5.74. The quantitative estimate of drug-likeness (QED) is 0.744. The molecule has 3 aromatic rings. The van der Waals surface area contributed by atoms with Gasteiger partial charge in [-0.1, -0.05) is 42.5 Å². The molecule has 2 atom stereocenters. The van der Waals surface area contributed by atoms with Crippen molar-refractivity contribution in [2.24, 2.45) is 5.10 Å². The second kappa shape index (κ2) is 5.83. The fourth-order valence-corrected chi connectivity index (χ4v) is 3.12. The normalized spacial score (nSPS) is 20.5. The molecule has 116 valence electrons. The van der Waals surface area contributed by atoms with E-state index in [2.05, 4.69) is 45.6 Å². The van der Waals surface area contributed by atoms with E-state index in [0.717, 1.165) is 23.9 Å². The summed E-state index contributed by atoms with van der Waals surface area (Å²) in [7, 11) is 2.02. The van der Waals surface area contributed by atoms with Crippen LogP contribution in [0, 0.1) is 0 Å². The molecule has 0 aliphatic carbocycles. The minimum absolute atomic E-state index is 0.0797. The van der Waals surface area contributed by atoms with Gasteiger partial charge in [0.15, 0.2) is 0 Å². The van der Waals surface area contributed by atoms with Crippen LogP contribution < -0.4 is 0 Å². The minimum atomic E-state index is 0.0797. The highest BCUT2D eigenvalue weighted by Gasteiger charge is 2.31. The van der Waals surface area contributed by atoms with Gasteiger partial charge in [0.25, 0.3) is 0 Å². The Labute approximate surface area is 135 Å². The van der Waals surface area contributed by atoms with E-state index in [1.54, 1.807) is 0 Å². The Morgan fingerprint density at radius 1 is 0.913 bits per heavy atom. The van der Waals surface area contributed by atoms with Gasteiger partial charge in [-0.15, -0.1) is 0 Å². The monoisotopic (exact) mass is 305 g/mol.